The molecule has 1 aliphatic rings. The van der Waals surface area contributed by atoms with E-state index in [9.17, 15) is 18.0 Å². The van der Waals surface area contributed by atoms with Crippen LogP contribution in [-0.4, -0.2) is 43.8 Å². The Kier molecular flexibility index (Phi) is 6.40. The van der Waals surface area contributed by atoms with E-state index in [1.165, 1.54) is 4.31 Å². The summed E-state index contributed by atoms with van der Waals surface area (Å²) in [5.41, 5.74) is 1.67. The molecule has 7 nitrogen and oxygen atoms in total. The molecule has 2 heterocycles. The van der Waals surface area contributed by atoms with E-state index >= 15 is 0 Å². The van der Waals surface area contributed by atoms with Gasteiger partial charge in [0.05, 0.1) is 16.5 Å². The molecule has 1 saturated heterocycles. The number of carbonyl (C=O) groups excluding carboxylic acids is 2. The number of esters is 1. The van der Waals surface area contributed by atoms with Crippen molar-refractivity contribution >= 4 is 38.2 Å². The fourth-order valence-electron chi connectivity index (χ4n) is 3.28. The summed E-state index contributed by atoms with van der Waals surface area (Å²) in [5.74, 6) is -0.824. The van der Waals surface area contributed by atoms with Crippen molar-refractivity contribution in [3.8, 4) is 0 Å². The molecule has 0 bridgehead atoms. The highest BCUT2D eigenvalue weighted by atomic mass is 32.2. The van der Waals surface area contributed by atoms with Crippen molar-refractivity contribution in [1.82, 2.24) is 4.31 Å². The first kappa shape index (κ1) is 21.5. The highest BCUT2D eigenvalue weighted by molar-refractivity contribution is 7.89. The van der Waals surface area contributed by atoms with E-state index in [1.54, 1.807) is 44.2 Å². The molecule has 1 aliphatic heterocycles. The summed E-state index contributed by atoms with van der Waals surface area (Å²) in [6, 6.07) is 7.52. The molecule has 156 valence electrons. The minimum absolute atomic E-state index is 0.180. The van der Waals surface area contributed by atoms with Gasteiger partial charge in [-0.25, -0.2) is 13.2 Å². The number of thiophene rings is 1. The van der Waals surface area contributed by atoms with Crippen molar-refractivity contribution in [3.63, 3.8) is 0 Å². The molecule has 0 aliphatic carbocycles. The highest BCUT2D eigenvalue weighted by Crippen LogP contribution is 2.30. The van der Waals surface area contributed by atoms with Crippen molar-refractivity contribution in [1.29, 1.82) is 0 Å². The predicted octanol–water partition coefficient (Wildman–Crippen LogP) is 3.33. The van der Waals surface area contributed by atoms with Gasteiger partial charge in [0.1, 0.15) is 10.9 Å². The quantitative estimate of drug-likeness (QED) is 0.701. The standard InChI is InChI=1S/C20H24N2O5S2/c1-4-27-20(24)18-14(3)12-17(28-18)21-19(23)16-6-5-11-22(16)29(25,26)15-9-7-13(2)8-10-15/h7-10,12,16H,4-6,11H2,1-3H3,(H,21,23)/t16-/m1/s1. The Balaban J connectivity index is 1.78. The lowest BCUT2D eigenvalue weighted by Crippen LogP contribution is -2.43. The van der Waals surface area contributed by atoms with Gasteiger partial charge in [0.15, 0.2) is 0 Å². The van der Waals surface area contributed by atoms with Crippen molar-refractivity contribution < 1.29 is 22.7 Å². The van der Waals surface area contributed by atoms with Crippen LogP contribution < -0.4 is 5.32 Å². The maximum absolute atomic E-state index is 13.0. The van der Waals surface area contributed by atoms with E-state index in [0.29, 0.717) is 34.8 Å². The molecule has 1 N–H and O–H groups in total. The molecule has 1 atom stereocenters. The number of rotatable bonds is 6. The Hall–Kier alpha value is -2.23. The number of benzene rings is 1. The largest absolute Gasteiger partial charge is 0.462 e. The van der Waals surface area contributed by atoms with Gasteiger partial charge in [-0.05, 0) is 57.4 Å². The first-order valence-electron chi connectivity index (χ1n) is 9.41. The lowest BCUT2D eigenvalue weighted by molar-refractivity contribution is -0.119. The van der Waals surface area contributed by atoms with E-state index in [4.69, 9.17) is 4.74 Å². The van der Waals surface area contributed by atoms with Crippen LogP contribution in [0.1, 0.15) is 40.6 Å². The third-order valence-electron chi connectivity index (χ3n) is 4.76. The monoisotopic (exact) mass is 436 g/mol. The first-order valence-corrected chi connectivity index (χ1v) is 11.7. The number of nitrogens with zero attached hydrogens (tertiary/aromatic N) is 1. The minimum Gasteiger partial charge on any atom is -0.462 e. The SMILES string of the molecule is CCOC(=O)c1sc(NC(=O)[C@H]2CCCN2S(=O)(=O)c2ccc(C)cc2)cc1C. The summed E-state index contributed by atoms with van der Waals surface area (Å²) in [4.78, 5) is 25.4. The zero-order valence-electron chi connectivity index (χ0n) is 16.6. The van der Waals surface area contributed by atoms with Gasteiger partial charge in [-0.1, -0.05) is 17.7 Å². The van der Waals surface area contributed by atoms with Crippen molar-refractivity contribution in [2.75, 3.05) is 18.5 Å². The third kappa shape index (κ3) is 4.52. The molecule has 1 aromatic heterocycles. The smallest absolute Gasteiger partial charge is 0.348 e. The number of aryl methyl sites for hydroxylation is 2. The van der Waals surface area contributed by atoms with Gasteiger partial charge < -0.3 is 10.1 Å². The number of carbonyl (C=O) groups is 2. The fraction of sp³-hybridized carbons (Fsp3) is 0.400. The zero-order valence-corrected chi connectivity index (χ0v) is 18.2. The van der Waals surface area contributed by atoms with Crippen molar-refractivity contribution in [3.05, 3.63) is 46.3 Å². The second kappa shape index (κ2) is 8.64. The van der Waals surface area contributed by atoms with Gasteiger partial charge in [-0.2, -0.15) is 4.31 Å². The number of nitrogens with one attached hydrogen (secondary N) is 1. The Morgan fingerprint density at radius 2 is 1.93 bits per heavy atom. The summed E-state index contributed by atoms with van der Waals surface area (Å²) >= 11 is 1.13. The second-order valence-electron chi connectivity index (χ2n) is 6.92. The molecule has 1 fully saturated rings. The Morgan fingerprint density at radius 3 is 2.59 bits per heavy atom. The van der Waals surface area contributed by atoms with E-state index in [1.807, 2.05) is 6.92 Å². The van der Waals surface area contributed by atoms with Crippen LogP contribution in [0.4, 0.5) is 5.00 Å². The van der Waals surface area contributed by atoms with Gasteiger partial charge >= 0.3 is 5.97 Å². The summed E-state index contributed by atoms with van der Waals surface area (Å²) in [5, 5.41) is 3.27. The number of anilines is 1. The third-order valence-corrected chi connectivity index (χ3v) is 7.81. The molecule has 0 spiro atoms. The maximum atomic E-state index is 13.0. The minimum atomic E-state index is -3.76. The average molecular weight is 437 g/mol. The molecule has 9 heteroatoms. The molecule has 1 aromatic carbocycles. The number of hydrogen-bond acceptors (Lipinski definition) is 6. The molecule has 2 aromatic rings. The molecule has 0 saturated carbocycles. The van der Waals surface area contributed by atoms with Crippen LogP contribution in [-0.2, 0) is 19.6 Å². The summed E-state index contributed by atoms with van der Waals surface area (Å²) in [6.07, 6.45) is 1.06. The molecule has 29 heavy (non-hydrogen) atoms. The summed E-state index contributed by atoms with van der Waals surface area (Å²) in [7, 11) is -3.76. The topological polar surface area (TPSA) is 92.8 Å². The van der Waals surface area contributed by atoms with Gasteiger partial charge in [0.2, 0.25) is 15.9 Å². The van der Waals surface area contributed by atoms with E-state index < -0.39 is 27.9 Å². The summed E-state index contributed by atoms with van der Waals surface area (Å²) in [6.45, 7) is 5.95. The van der Waals surface area contributed by atoms with Gasteiger partial charge in [0, 0.05) is 6.54 Å². The molecule has 1 amide bonds. The number of ether oxygens (including phenoxy) is 1. The van der Waals surface area contributed by atoms with Gasteiger partial charge in [-0.15, -0.1) is 11.3 Å². The molecule has 3 rings (SSSR count). The van der Waals surface area contributed by atoms with Crippen LogP contribution in [0, 0.1) is 13.8 Å². The van der Waals surface area contributed by atoms with Crippen LogP contribution in [0.2, 0.25) is 0 Å². The molecular weight excluding hydrogens is 412 g/mol. The Labute approximate surface area is 174 Å². The van der Waals surface area contributed by atoms with Crippen molar-refractivity contribution in [2.45, 2.75) is 44.6 Å². The average Bonchev–Trinajstić information content (AvgIpc) is 3.29. The lowest BCUT2D eigenvalue weighted by atomic mass is 10.2. The Bertz CT molecular complexity index is 1010. The van der Waals surface area contributed by atoms with Crippen molar-refractivity contribution in [2.24, 2.45) is 0 Å². The second-order valence-corrected chi connectivity index (χ2v) is 9.86. The van der Waals surface area contributed by atoms with E-state index in [2.05, 4.69) is 5.32 Å². The highest BCUT2D eigenvalue weighted by Gasteiger charge is 2.39. The lowest BCUT2D eigenvalue weighted by Gasteiger charge is -2.23. The van der Waals surface area contributed by atoms with Gasteiger partial charge in [0.25, 0.3) is 0 Å². The molecular formula is C20H24N2O5S2. The van der Waals surface area contributed by atoms with E-state index in [-0.39, 0.29) is 11.5 Å². The normalized spacial score (nSPS) is 17.3. The van der Waals surface area contributed by atoms with Gasteiger partial charge in [-0.3, -0.25) is 4.79 Å². The van der Waals surface area contributed by atoms with Crippen LogP contribution in [0.25, 0.3) is 0 Å². The van der Waals surface area contributed by atoms with E-state index in [0.717, 1.165) is 16.9 Å². The van der Waals surface area contributed by atoms with Crippen LogP contribution in [0.15, 0.2) is 35.2 Å². The fourth-order valence-corrected chi connectivity index (χ4v) is 5.91. The van der Waals surface area contributed by atoms with Crippen LogP contribution in [0.3, 0.4) is 0 Å². The Morgan fingerprint density at radius 1 is 1.24 bits per heavy atom. The maximum Gasteiger partial charge on any atom is 0.348 e. The zero-order chi connectivity index (χ0) is 21.2. The number of sulfonamides is 1. The van der Waals surface area contributed by atoms with Crippen LogP contribution in [0.5, 0.6) is 0 Å². The predicted molar refractivity (Wildman–Crippen MR) is 112 cm³/mol. The molecule has 0 unspecified atom stereocenters. The molecule has 0 radical (unpaired) electrons. The number of hydrogen-bond donors (Lipinski definition) is 1. The summed E-state index contributed by atoms with van der Waals surface area (Å²) < 4.78 is 32.3. The number of amides is 1. The first-order chi connectivity index (χ1) is 13.7. The van der Waals surface area contributed by atoms with Crippen LogP contribution >= 0.6 is 11.3 Å².